The Kier molecular flexibility index (Phi) is 3.17. The van der Waals surface area contributed by atoms with Crippen LogP contribution in [0.3, 0.4) is 0 Å². The Balaban J connectivity index is 2.54. The molecule has 7 heteroatoms. The lowest BCUT2D eigenvalue weighted by Crippen LogP contribution is -2.28. The van der Waals surface area contributed by atoms with Crippen LogP contribution >= 0.6 is 0 Å². The molecule has 0 radical (unpaired) electrons. The molecule has 0 unspecified atom stereocenters. The summed E-state index contributed by atoms with van der Waals surface area (Å²) in [5.41, 5.74) is 0.0295. The Morgan fingerprint density at radius 1 is 1.14 bits per heavy atom. The minimum absolute atomic E-state index is 0.0871. The van der Waals surface area contributed by atoms with Crippen molar-refractivity contribution >= 4 is 33.6 Å². The number of rotatable bonds is 1. The van der Waals surface area contributed by atoms with Crippen LogP contribution in [0, 0.1) is 0 Å². The fourth-order valence-corrected chi connectivity index (χ4v) is 2.26. The van der Waals surface area contributed by atoms with Gasteiger partial charge in [-0.15, -0.1) is 5.10 Å². The fraction of sp³-hybridized carbons (Fsp3) is 0.133. The zero-order chi connectivity index (χ0) is 15.9. The quantitative estimate of drug-likeness (QED) is 0.499. The summed E-state index contributed by atoms with van der Waals surface area (Å²) in [5.74, 6) is -1.26. The largest absolute Gasteiger partial charge is 0.405 e. The van der Waals surface area contributed by atoms with Gasteiger partial charge in [-0.3, -0.25) is 19.4 Å². The van der Waals surface area contributed by atoms with Crippen LogP contribution in [0.4, 0.5) is 0 Å². The maximum Gasteiger partial charge on any atom is 0.309 e. The first kappa shape index (κ1) is 13.9. The number of pyridine rings is 1. The van der Waals surface area contributed by atoms with Gasteiger partial charge in [-0.2, -0.15) is 4.68 Å². The number of para-hydroxylation sites is 1. The third kappa shape index (κ3) is 2.12. The van der Waals surface area contributed by atoms with E-state index in [0.29, 0.717) is 21.0 Å². The van der Waals surface area contributed by atoms with Gasteiger partial charge in [-0.25, -0.2) is 0 Å². The second kappa shape index (κ2) is 5.03. The molecule has 3 rings (SSSR count). The summed E-state index contributed by atoms with van der Waals surface area (Å²) in [5, 5.41) is 5.03. The van der Waals surface area contributed by atoms with Gasteiger partial charge in [0, 0.05) is 25.4 Å². The smallest absolute Gasteiger partial charge is 0.309 e. The number of hydrogen-bond donors (Lipinski definition) is 0. The van der Waals surface area contributed by atoms with Crippen molar-refractivity contribution in [1.82, 2.24) is 14.8 Å². The minimum atomic E-state index is -0.600. The molecule has 1 aromatic carbocycles. The van der Waals surface area contributed by atoms with Gasteiger partial charge in [0.05, 0.1) is 16.3 Å². The molecule has 0 saturated carbocycles. The number of benzene rings is 1. The van der Waals surface area contributed by atoms with Gasteiger partial charge in [-0.1, -0.05) is 18.2 Å². The molecular weight excluding hydrogens is 286 g/mol. The third-order valence-corrected chi connectivity index (χ3v) is 3.14. The van der Waals surface area contributed by atoms with Crippen LogP contribution in [0.1, 0.15) is 18.6 Å². The summed E-state index contributed by atoms with van der Waals surface area (Å²) < 4.78 is 5.76. The molecule has 0 N–H and O–H groups in total. The van der Waals surface area contributed by atoms with Crippen LogP contribution in [0.15, 0.2) is 35.3 Å². The van der Waals surface area contributed by atoms with Gasteiger partial charge in [0.15, 0.2) is 0 Å². The standard InChI is InChI=1S/C15H11N3O4/c1-8(19)18-15(21)11-7-16-12-6-4-3-5-10(12)13(11)14(17-18)22-9(2)20/h3-7H,1-2H3. The van der Waals surface area contributed by atoms with Crippen molar-refractivity contribution < 1.29 is 14.3 Å². The first-order valence-electron chi connectivity index (χ1n) is 6.49. The molecule has 0 bridgehead atoms. The first-order chi connectivity index (χ1) is 10.5. The van der Waals surface area contributed by atoms with E-state index in [1.807, 2.05) is 0 Å². The summed E-state index contributed by atoms with van der Waals surface area (Å²) in [6.45, 7) is 2.42. The number of carbonyl (C=O) groups is 2. The van der Waals surface area contributed by atoms with E-state index in [1.165, 1.54) is 20.0 Å². The second-order valence-electron chi connectivity index (χ2n) is 4.70. The molecule has 3 aromatic rings. The molecular formula is C15H11N3O4. The third-order valence-electron chi connectivity index (χ3n) is 3.14. The Morgan fingerprint density at radius 2 is 1.86 bits per heavy atom. The number of fused-ring (bicyclic) bond motifs is 3. The SMILES string of the molecule is CC(=O)Oc1nn(C(C)=O)c(=O)c2cnc3ccccc3c12. The predicted octanol–water partition coefficient (Wildman–Crippen LogP) is 1.53. The van der Waals surface area contributed by atoms with Crippen molar-refractivity contribution in [2.24, 2.45) is 0 Å². The maximum absolute atomic E-state index is 12.4. The highest BCUT2D eigenvalue weighted by Gasteiger charge is 2.18. The van der Waals surface area contributed by atoms with E-state index >= 15 is 0 Å². The summed E-state index contributed by atoms with van der Waals surface area (Å²) in [6.07, 6.45) is 1.36. The van der Waals surface area contributed by atoms with Crippen molar-refractivity contribution in [3.63, 3.8) is 0 Å². The van der Waals surface area contributed by atoms with Crippen molar-refractivity contribution in [3.8, 4) is 5.88 Å². The molecule has 0 aliphatic carbocycles. The van der Waals surface area contributed by atoms with Gasteiger partial charge in [0.2, 0.25) is 11.8 Å². The van der Waals surface area contributed by atoms with Crippen LogP contribution < -0.4 is 10.3 Å². The summed E-state index contributed by atoms with van der Waals surface area (Å²) in [6, 6.07) is 7.09. The number of ether oxygens (including phenoxy) is 1. The van der Waals surface area contributed by atoms with Crippen LogP contribution in [-0.2, 0) is 4.79 Å². The van der Waals surface area contributed by atoms with Gasteiger partial charge in [0.1, 0.15) is 0 Å². The van der Waals surface area contributed by atoms with E-state index in [2.05, 4.69) is 10.1 Å². The van der Waals surface area contributed by atoms with Gasteiger partial charge < -0.3 is 4.74 Å². The van der Waals surface area contributed by atoms with E-state index < -0.39 is 17.4 Å². The Labute approximate surface area is 124 Å². The number of hydrogen-bond acceptors (Lipinski definition) is 6. The van der Waals surface area contributed by atoms with E-state index in [4.69, 9.17) is 4.74 Å². The topological polar surface area (TPSA) is 91.1 Å². The molecule has 0 aliphatic heterocycles. The lowest BCUT2D eigenvalue weighted by Gasteiger charge is -2.09. The summed E-state index contributed by atoms with van der Waals surface area (Å²) >= 11 is 0. The molecule has 0 amide bonds. The second-order valence-corrected chi connectivity index (χ2v) is 4.70. The van der Waals surface area contributed by atoms with Crippen LogP contribution in [0.5, 0.6) is 5.88 Å². The molecule has 2 aromatic heterocycles. The Hall–Kier alpha value is -3.09. The minimum Gasteiger partial charge on any atom is -0.405 e. The van der Waals surface area contributed by atoms with Gasteiger partial charge in [-0.05, 0) is 6.07 Å². The average molecular weight is 297 g/mol. The lowest BCUT2D eigenvalue weighted by atomic mass is 10.1. The number of nitrogens with zero attached hydrogens (tertiary/aromatic N) is 3. The molecule has 0 atom stereocenters. The van der Waals surface area contributed by atoms with Crippen molar-refractivity contribution in [2.45, 2.75) is 13.8 Å². The zero-order valence-corrected chi connectivity index (χ0v) is 11.9. The highest BCUT2D eigenvalue weighted by molar-refractivity contribution is 6.08. The lowest BCUT2D eigenvalue weighted by molar-refractivity contribution is -0.132. The normalized spacial score (nSPS) is 10.8. The van der Waals surface area contributed by atoms with E-state index in [9.17, 15) is 14.4 Å². The molecule has 0 fully saturated rings. The molecule has 0 aliphatic rings. The number of carbonyl (C=O) groups excluding carboxylic acids is 2. The summed E-state index contributed by atoms with van der Waals surface area (Å²) in [4.78, 5) is 39.4. The Bertz CT molecular complexity index is 991. The van der Waals surface area contributed by atoms with Crippen molar-refractivity contribution in [3.05, 3.63) is 40.8 Å². The fourth-order valence-electron chi connectivity index (χ4n) is 2.26. The predicted molar refractivity (Wildman–Crippen MR) is 78.9 cm³/mol. The molecule has 22 heavy (non-hydrogen) atoms. The van der Waals surface area contributed by atoms with E-state index in [-0.39, 0.29) is 11.3 Å². The molecule has 110 valence electrons. The number of esters is 1. The molecule has 0 spiro atoms. The summed E-state index contributed by atoms with van der Waals surface area (Å²) in [7, 11) is 0. The van der Waals surface area contributed by atoms with Crippen LogP contribution in [0.25, 0.3) is 21.7 Å². The van der Waals surface area contributed by atoms with Crippen LogP contribution in [-0.4, -0.2) is 26.6 Å². The monoisotopic (exact) mass is 297 g/mol. The van der Waals surface area contributed by atoms with E-state index in [1.54, 1.807) is 24.3 Å². The highest BCUT2D eigenvalue weighted by atomic mass is 16.5. The van der Waals surface area contributed by atoms with Gasteiger partial charge >= 0.3 is 5.97 Å². The van der Waals surface area contributed by atoms with Crippen LogP contribution in [0.2, 0.25) is 0 Å². The van der Waals surface area contributed by atoms with Gasteiger partial charge in [0.25, 0.3) is 5.56 Å². The van der Waals surface area contributed by atoms with E-state index in [0.717, 1.165) is 0 Å². The average Bonchev–Trinajstić information content (AvgIpc) is 2.48. The van der Waals surface area contributed by atoms with Crippen molar-refractivity contribution in [1.29, 1.82) is 0 Å². The molecule has 2 heterocycles. The first-order valence-corrected chi connectivity index (χ1v) is 6.49. The Morgan fingerprint density at radius 3 is 2.55 bits per heavy atom. The van der Waals surface area contributed by atoms with Crippen molar-refractivity contribution in [2.75, 3.05) is 0 Å². The molecule has 0 saturated heterocycles. The highest BCUT2D eigenvalue weighted by Crippen LogP contribution is 2.28. The molecule has 7 nitrogen and oxygen atoms in total. The maximum atomic E-state index is 12.4. The number of aromatic nitrogens is 3. The zero-order valence-electron chi connectivity index (χ0n) is 11.9.